The highest BCUT2D eigenvalue weighted by molar-refractivity contribution is 5.98. The molecule has 0 saturated carbocycles. The van der Waals surface area contributed by atoms with Crippen molar-refractivity contribution in [3.63, 3.8) is 0 Å². The van der Waals surface area contributed by atoms with Gasteiger partial charge in [-0.3, -0.25) is 14.3 Å². The summed E-state index contributed by atoms with van der Waals surface area (Å²) in [4.78, 5) is 27.2. The summed E-state index contributed by atoms with van der Waals surface area (Å²) in [7, 11) is 0. The van der Waals surface area contributed by atoms with E-state index in [-0.39, 0.29) is 23.3 Å². The Balaban J connectivity index is 1.42. The molecule has 1 aliphatic rings. The van der Waals surface area contributed by atoms with Gasteiger partial charge in [0.05, 0.1) is 0 Å². The van der Waals surface area contributed by atoms with Crippen LogP contribution in [0.5, 0.6) is 0 Å². The molecule has 3 aromatic rings. The monoisotopic (exact) mass is 406 g/mol. The third-order valence-corrected chi connectivity index (χ3v) is 5.12. The van der Waals surface area contributed by atoms with Gasteiger partial charge in [0.1, 0.15) is 11.5 Å². The lowest BCUT2D eigenvalue weighted by Crippen LogP contribution is -2.30. The van der Waals surface area contributed by atoms with E-state index in [0.717, 1.165) is 17.5 Å². The second-order valence-corrected chi connectivity index (χ2v) is 7.34. The maximum absolute atomic E-state index is 13.5. The predicted octanol–water partition coefficient (Wildman–Crippen LogP) is 3.04. The van der Waals surface area contributed by atoms with E-state index in [1.165, 1.54) is 12.1 Å². The molecule has 154 valence electrons. The van der Waals surface area contributed by atoms with Crippen molar-refractivity contribution in [3.05, 3.63) is 89.0 Å². The minimum absolute atomic E-state index is 0.201. The van der Waals surface area contributed by atoms with Gasteiger partial charge in [0.15, 0.2) is 5.69 Å². The molecule has 6 nitrogen and oxygen atoms in total. The summed E-state index contributed by atoms with van der Waals surface area (Å²) in [6, 6.07) is 17.7. The molecular formula is C23H23FN4O2. The smallest absolute Gasteiger partial charge is 0.272 e. The van der Waals surface area contributed by atoms with Crippen LogP contribution >= 0.6 is 0 Å². The summed E-state index contributed by atoms with van der Waals surface area (Å²) >= 11 is 0. The lowest BCUT2D eigenvalue weighted by atomic mass is 10.1. The highest BCUT2D eigenvalue weighted by Gasteiger charge is 2.26. The van der Waals surface area contributed by atoms with E-state index < -0.39 is 0 Å². The molecular weight excluding hydrogens is 383 g/mol. The van der Waals surface area contributed by atoms with Crippen LogP contribution in [0.3, 0.4) is 0 Å². The number of benzene rings is 2. The Morgan fingerprint density at radius 2 is 1.83 bits per heavy atom. The van der Waals surface area contributed by atoms with Crippen molar-refractivity contribution in [1.82, 2.24) is 20.0 Å². The van der Waals surface area contributed by atoms with Crippen LogP contribution in [0.4, 0.5) is 4.39 Å². The van der Waals surface area contributed by atoms with Crippen LogP contribution in [0.1, 0.15) is 38.5 Å². The first-order valence-electron chi connectivity index (χ1n) is 10.0. The van der Waals surface area contributed by atoms with Crippen molar-refractivity contribution in [2.75, 3.05) is 13.1 Å². The van der Waals surface area contributed by atoms with Gasteiger partial charge in [0.25, 0.3) is 11.8 Å². The molecule has 0 spiro atoms. The summed E-state index contributed by atoms with van der Waals surface area (Å²) in [5.41, 5.74) is 2.49. The van der Waals surface area contributed by atoms with Crippen molar-refractivity contribution < 1.29 is 14.0 Å². The van der Waals surface area contributed by atoms with Gasteiger partial charge in [0.2, 0.25) is 0 Å². The number of nitrogens with one attached hydrogen (secondary N) is 1. The van der Waals surface area contributed by atoms with E-state index in [9.17, 15) is 14.0 Å². The minimum Gasteiger partial charge on any atom is -0.350 e. The molecule has 0 aliphatic carbocycles. The summed E-state index contributed by atoms with van der Waals surface area (Å²) in [5.74, 6) is -0.821. The molecule has 1 aromatic heterocycles. The average molecular weight is 406 g/mol. The van der Waals surface area contributed by atoms with E-state index in [1.54, 1.807) is 27.8 Å². The second-order valence-electron chi connectivity index (χ2n) is 7.34. The Bertz CT molecular complexity index is 1050. The molecule has 0 unspecified atom stereocenters. The van der Waals surface area contributed by atoms with E-state index in [4.69, 9.17) is 0 Å². The Kier molecular flexibility index (Phi) is 5.88. The zero-order valence-electron chi connectivity index (χ0n) is 16.6. The highest BCUT2D eigenvalue weighted by Crippen LogP contribution is 2.17. The summed E-state index contributed by atoms with van der Waals surface area (Å²) in [5, 5.41) is 7.20. The number of amides is 2. The van der Waals surface area contributed by atoms with Crippen molar-refractivity contribution in [1.29, 1.82) is 0 Å². The molecule has 4 rings (SSSR count). The fourth-order valence-corrected chi connectivity index (χ4v) is 3.61. The SMILES string of the molecule is O=C(NCCc1ccccc1)c1cc2n(n1)CCCN(Cc1cccc(F)c1)C2=O. The Morgan fingerprint density at radius 1 is 1.03 bits per heavy atom. The largest absolute Gasteiger partial charge is 0.350 e. The predicted molar refractivity (Wildman–Crippen MR) is 110 cm³/mol. The topological polar surface area (TPSA) is 67.2 Å². The van der Waals surface area contributed by atoms with Crippen LogP contribution < -0.4 is 5.32 Å². The van der Waals surface area contributed by atoms with Gasteiger partial charge >= 0.3 is 0 Å². The standard InChI is InChI=1S/C23H23FN4O2/c24-19-9-4-8-18(14-19)16-27-12-5-13-28-21(23(27)30)15-20(26-28)22(29)25-11-10-17-6-2-1-3-7-17/h1-4,6-9,14-15H,5,10-13,16H2,(H,25,29). The van der Waals surface area contributed by atoms with Gasteiger partial charge in [-0.15, -0.1) is 0 Å². The molecule has 0 fully saturated rings. The molecule has 1 aliphatic heterocycles. The van der Waals surface area contributed by atoms with Gasteiger partial charge in [0, 0.05) is 32.2 Å². The van der Waals surface area contributed by atoms with E-state index in [2.05, 4.69) is 10.4 Å². The Morgan fingerprint density at radius 3 is 2.63 bits per heavy atom. The van der Waals surface area contributed by atoms with Gasteiger partial charge in [-0.25, -0.2) is 4.39 Å². The lowest BCUT2D eigenvalue weighted by molar-refractivity contribution is 0.0745. The van der Waals surface area contributed by atoms with Crippen LogP contribution in [0.2, 0.25) is 0 Å². The van der Waals surface area contributed by atoms with Crippen molar-refractivity contribution >= 4 is 11.8 Å². The van der Waals surface area contributed by atoms with Crippen LogP contribution in [-0.4, -0.2) is 39.6 Å². The number of carbonyl (C=O) groups is 2. The first-order chi connectivity index (χ1) is 14.6. The number of carbonyl (C=O) groups excluding carboxylic acids is 2. The van der Waals surface area contributed by atoms with Gasteiger partial charge in [-0.1, -0.05) is 42.5 Å². The van der Waals surface area contributed by atoms with Crippen molar-refractivity contribution in [3.8, 4) is 0 Å². The maximum Gasteiger partial charge on any atom is 0.272 e. The van der Waals surface area contributed by atoms with Gasteiger partial charge in [-0.2, -0.15) is 5.10 Å². The van der Waals surface area contributed by atoms with Gasteiger partial charge < -0.3 is 10.2 Å². The summed E-state index contributed by atoms with van der Waals surface area (Å²) in [6.07, 6.45) is 1.44. The average Bonchev–Trinajstić information content (AvgIpc) is 3.12. The zero-order valence-corrected chi connectivity index (χ0v) is 16.6. The molecule has 2 amide bonds. The first kappa shape index (κ1) is 19.8. The molecule has 0 saturated heterocycles. The number of hydrogen-bond acceptors (Lipinski definition) is 3. The van der Waals surface area contributed by atoms with E-state index >= 15 is 0 Å². The van der Waals surface area contributed by atoms with Crippen molar-refractivity contribution in [2.45, 2.75) is 25.9 Å². The molecule has 0 radical (unpaired) electrons. The van der Waals surface area contributed by atoms with Crippen LogP contribution in [0.15, 0.2) is 60.7 Å². The number of fused-ring (bicyclic) bond motifs is 1. The highest BCUT2D eigenvalue weighted by atomic mass is 19.1. The van der Waals surface area contributed by atoms with E-state index in [0.29, 0.717) is 38.3 Å². The Hall–Kier alpha value is -3.48. The number of rotatable bonds is 6. The second kappa shape index (κ2) is 8.90. The number of nitrogens with zero attached hydrogens (tertiary/aromatic N) is 3. The minimum atomic E-state index is -0.325. The van der Waals surface area contributed by atoms with E-state index in [1.807, 2.05) is 30.3 Å². The number of hydrogen-bond donors (Lipinski definition) is 1. The van der Waals surface area contributed by atoms with Gasteiger partial charge in [-0.05, 0) is 36.1 Å². The normalized spacial score (nSPS) is 13.6. The fraction of sp³-hybridized carbons (Fsp3) is 0.261. The number of aromatic nitrogens is 2. The zero-order chi connectivity index (χ0) is 20.9. The van der Waals surface area contributed by atoms with Crippen LogP contribution in [-0.2, 0) is 19.5 Å². The molecule has 2 heterocycles. The van der Waals surface area contributed by atoms with Crippen LogP contribution in [0, 0.1) is 5.82 Å². The van der Waals surface area contributed by atoms with Crippen molar-refractivity contribution in [2.24, 2.45) is 0 Å². The Labute approximate surface area is 174 Å². The first-order valence-corrected chi connectivity index (χ1v) is 10.0. The number of aryl methyl sites for hydroxylation is 1. The molecule has 7 heteroatoms. The summed E-state index contributed by atoms with van der Waals surface area (Å²) in [6.45, 7) is 1.92. The molecule has 0 bridgehead atoms. The molecule has 30 heavy (non-hydrogen) atoms. The molecule has 2 aromatic carbocycles. The lowest BCUT2D eigenvalue weighted by Gasteiger charge is -2.20. The molecule has 0 atom stereocenters. The number of halogens is 1. The summed E-state index contributed by atoms with van der Waals surface area (Å²) < 4.78 is 15.1. The molecule has 1 N–H and O–H groups in total. The maximum atomic E-state index is 13.5. The quantitative estimate of drug-likeness (QED) is 0.684. The third kappa shape index (κ3) is 4.56. The fourth-order valence-electron chi connectivity index (χ4n) is 3.61. The third-order valence-electron chi connectivity index (χ3n) is 5.12. The van der Waals surface area contributed by atoms with Crippen LogP contribution in [0.25, 0.3) is 0 Å².